The van der Waals surface area contributed by atoms with Gasteiger partial charge in [0.2, 0.25) is 15.9 Å². The average molecular weight is 510 g/mol. The SMILES string of the molecule is COc1ncc(-c2ccc3c(c2)CN(c2ncnc4c2CC(C)(C)CC4)CCO3)cc1NS(C)(=O)=O. The fourth-order valence-electron chi connectivity index (χ4n) is 4.93. The highest BCUT2D eigenvalue weighted by Gasteiger charge is 2.30. The van der Waals surface area contributed by atoms with Crippen molar-refractivity contribution >= 4 is 21.5 Å². The second-order valence-corrected chi connectivity index (χ2v) is 12.0. The molecule has 10 heteroatoms. The molecule has 0 atom stereocenters. The summed E-state index contributed by atoms with van der Waals surface area (Å²) in [6.07, 6.45) is 7.49. The molecule has 1 N–H and O–H groups in total. The molecule has 3 aromatic rings. The van der Waals surface area contributed by atoms with Gasteiger partial charge < -0.3 is 14.4 Å². The first-order valence-electron chi connectivity index (χ1n) is 12.0. The van der Waals surface area contributed by atoms with E-state index in [2.05, 4.69) is 39.5 Å². The molecule has 0 radical (unpaired) electrons. The Labute approximate surface area is 212 Å². The van der Waals surface area contributed by atoms with Crippen molar-refractivity contribution in [3.8, 4) is 22.8 Å². The van der Waals surface area contributed by atoms with Crippen LogP contribution in [-0.2, 0) is 29.4 Å². The quantitative estimate of drug-likeness (QED) is 0.553. The average Bonchev–Trinajstić information content (AvgIpc) is 3.04. The molecule has 0 fully saturated rings. The fourth-order valence-corrected chi connectivity index (χ4v) is 5.48. The lowest BCUT2D eigenvalue weighted by Crippen LogP contribution is -2.31. The molecule has 0 saturated heterocycles. The lowest BCUT2D eigenvalue weighted by Gasteiger charge is -2.33. The molecule has 0 saturated carbocycles. The predicted molar refractivity (Wildman–Crippen MR) is 139 cm³/mol. The van der Waals surface area contributed by atoms with Crippen LogP contribution in [0.5, 0.6) is 11.6 Å². The standard InChI is InChI=1S/C26H31N5O4S/c1-26(2)8-7-21-20(13-26)24(29-16-28-21)31-9-10-35-23-6-5-17(11-19(23)15-31)18-12-22(30-36(4,32)33)25(34-3)27-14-18/h5-6,11-12,14,16,30H,7-10,13,15H2,1-4H3. The van der Waals surface area contributed by atoms with Gasteiger partial charge in [-0.15, -0.1) is 0 Å². The summed E-state index contributed by atoms with van der Waals surface area (Å²) in [5, 5.41) is 0. The third-order valence-electron chi connectivity index (χ3n) is 6.72. The number of aryl methyl sites for hydroxylation is 1. The molecule has 3 heterocycles. The first-order chi connectivity index (χ1) is 17.1. The van der Waals surface area contributed by atoms with E-state index in [-0.39, 0.29) is 11.3 Å². The summed E-state index contributed by atoms with van der Waals surface area (Å²) in [5.74, 6) is 2.03. The maximum atomic E-state index is 11.8. The highest BCUT2D eigenvalue weighted by atomic mass is 32.2. The Morgan fingerprint density at radius 3 is 2.75 bits per heavy atom. The molecule has 0 spiro atoms. The van der Waals surface area contributed by atoms with Crippen LogP contribution in [0.4, 0.5) is 11.5 Å². The Kier molecular flexibility index (Phi) is 6.23. The van der Waals surface area contributed by atoms with Crippen molar-refractivity contribution in [1.82, 2.24) is 15.0 Å². The Morgan fingerprint density at radius 2 is 1.97 bits per heavy atom. The van der Waals surface area contributed by atoms with Crippen LogP contribution in [0.1, 0.15) is 37.1 Å². The van der Waals surface area contributed by atoms with Crippen molar-refractivity contribution in [3.05, 3.63) is 53.6 Å². The van der Waals surface area contributed by atoms with E-state index in [1.165, 1.54) is 12.7 Å². The van der Waals surface area contributed by atoms with Gasteiger partial charge in [0.05, 0.1) is 19.9 Å². The van der Waals surface area contributed by atoms with Gasteiger partial charge in [0, 0.05) is 35.1 Å². The molecule has 1 aromatic carbocycles. The molecular weight excluding hydrogens is 478 g/mol. The smallest absolute Gasteiger partial charge is 0.238 e. The predicted octanol–water partition coefficient (Wildman–Crippen LogP) is 3.83. The van der Waals surface area contributed by atoms with Crippen LogP contribution in [0.2, 0.25) is 0 Å². The summed E-state index contributed by atoms with van der Waals surface area (Å²) in [5.41, 5.74) is 5.59. The Morgan fingerprint density at radius 1 is 1.14 bits per heavy atom. The number of hydrogen-bond donors (Lipinski definition) is 1. The number of rotatable bonds is 5. The lowest BCUT2D eigenvalue weighted by atomic mass is 9.76. The normalized spacial score (nSPS) is 16.8. The zero-order valence-electron chi connectivity index (χ0n) is 21.0. The molecule has 9 nitrogen and oxygen atoms in total. The Balaban J connectivity index is 1.49. The van der Waals surface area contributed by atoms with E-state index >= 15 is 0 Å². The van der Waals surface area contributed by atoms with Crippen molar-refractivity contribution in [2.75, 3.05) is 36.1 Å². The van der Waals surface area contributed by atoms with E-state index in [0.717, 1.165) is 66.0 Å². The highest BCUT2D eigenvalue weighted by molar-refractivity contribution is 7.92. The van der Waals surface area contributed by atoms with Crippen molar-refractivity contribution in [1.29, 1.82) is 0 Å². The fraction of sp³-hybridized carbons (Fsp3) is 0.423. The number of ether oxygens (including phenoxy) is 2. The molecule has 5 rings (SSSR count). The van der Waals surface area contributed by atoms with Crippen LogP contribution < -0.4 is 19.1 Å². The number of benzene rings is 1. The number of methoxy groups -OCH3 is 1. The van der Waals surface area contributed by atoms with E-state index in [0.29, 0.717) is 18.8 Å². The zero-order valence-corrected chi connectivity index (χ0v) is 21.9. The van der Waals surface area contributed by atoms with Crippen LogP contribution in [0, 0.1) is 5.41 Å². The van der Waals surface area contributed by atoms with Gasteiger partial charge in [-0.25, -0.2) is 23.4 Å². The van der Waals surface area contributed by atoms with E-state index < -0.39 is 10.0 Å². The molecule has 1 aliphatic heterocycles. The molecular formula is C26H31N5O4S. The largest absolute Gasteiger partial charge is 0.491 e. The van der Waals surface area contributed by atoms with Gasteiger partial charge in [-0.05, 0) is 48.4 Å². The van der Waals surface area contributed by atoms with Crippen molar-refractivity contribution < 1.29 is 17.9 Å². The number of fused-ring (bicyclic) bond motifs is 2. The molecule has 0 unspecified atom stereocenters. The van der Waals surface area contributed by atoms with Crippen LogP contribution >= 0.6 is 0 Å². The number of aromatic nitrogens is 3. The molecule has 36 heavy (non-hydrogen) atoms. The number of nitrogens with one attached hydrogen (secondary N) is 1. The minimum atomic E-state index is -3.49. The number of nitrogens with zero attached hydrogens (tertiary/aromatic N) is 4. The summed E-state index contributed by atoms with van der Waals surface area (Å²) >= 11 is 0. The lowest BCUT2D eigenvalue weighted by molar-refractivity contribution is 0.310. The molecule has 2 aliphatic rings. The number of pyridine rings is 1. The van der Waals surface area contributed by atoms with Crippen LogP contribution in [-0.4, -0.2) is 49.9 Å². The van der Waals surface area contributed by atoms with Crippen molar-refractivity contribution in [2.45, 2.75) is 39.7 Å². The minimum absolute atomic E-state index is 0.213. The second kappa shape index (κ2) is 9.24. The third kappa shape index (κ3) is 5.09. The molecule has 1 aliphatic carbocycles. The maximum Gasteiger partial charge on any atom is 0.238 e. The van der Waals surface area contributed by atoms with Gasteiger partial charge in [0.15, 0.2) is 0 Å². The van der Waals surface area contributed by atoms with Crippen LogP contribution in [0.3, 0.4) is 0 Å². The summed E-state index contributed by atoms with van der Waals surface area (Å²) in [4.78, 5) is 15.9. The summed E-state index contributed by atoms with van der Waals surface area (Å²) < 4.78 is 37.5. The summed E-state index contributed by atoms with van der Waals surface area (Å²) in [6, 6.07) is 7.71. The van der Waals surface area contributed by atoms with Gasteiger partial charge in [-0.3, -0.25) is 4.72 Å². The van der Waals surface area contributed by atoms with E-state index in [1.807, 2.05) is 12.1 Å². The van der Waals surface area contributed by atoms with Crippen molar-refractivity contribution in [2.24, 2.45) is 5.41 Å². The molecule has 0 bridgehead atoms. The molecule has 190 valence electrons. The van der Waals surface area contributed by atoms with Gasteiger partial charge in [-0.2, -0.15) is 0 Å². The first kappa shape index (κ1) is 24.3. The third-order valence-corrected chi connectivity index (χ3v) is 7.31. The summed E-state index contributed by atoms with van der Waals surface area (Å²) in [6.45, 7) is 6.53. The van der Waals surface area contributed by atoms with Crippen molar-refractivity contribution in [3.63, 3.8) is 0 Å². The summed E-state index contributed by atoms with van der Waals surface area (Å²) in [7, 11) is -2.04. The van der Waals surface area contributed by atoms with E-state index in [9.17, 15) is 8.42 Å². The second-order valence-electron chi connectivity index (χ2n) is 10.2. The van der Waals surface area contributed by atoms with Crippen LogP contribution in [0.25, 0.3) is 11.1 Å². The monoisotopic (exact) mass is 509 g/mol. The van der Waals surface area contributed by atoms with Gasteiger partial charge in [0.1, 0.15) is 30.2 Å². The number of anilines is 2. The highest BCUT2D eigenvalue weighted by Crippen LogP contribution is 2.39. The Bertz CT molecular complexity index is 1410. The van der Waals surface area contributed by atoms with Gasteiger partial charge in [-0.1, -0.05) is 19.9 Å². The Hall–Kier alpha value is -3.40. The van der Waals surface area contributed by atoms with Gasteiger partial charge >= 0.3 is 0 Å². The number of hydrogen-bond acceptors (Lipinski definition) is 8. The maximum absolute atomic E-state index is 11.8. The molecule has 2 aromatic heterocycles. The molecule has 0 amide bonds. The zero-order chi connectivity index (χ0) is 25.5. The van der Waals surface area contributed by atoms with E-state index in [1.54, 1.807) is 18.6 Å². The van der Waals surface area contributed by atoms with Gasteiger partial charge in [0.25, 0.3) is 0 Å². The topological polar surface area (TPSA) is 107 Å². The number of sulfonamides is 1. The first-order valence-corrected chi connectivity index (χ1v) is 13.9. The van der Waals surface area contributed by atoms with E-state index in [4.69, 9.17) is 14.5 Å². The van der Waals surface area contributed by atoms with Crippen LogP contribution in [0.15, 0.2) is 36.8 Å². The minimum Gasteiger partial charge on any atom is -0.491 e.